The molecule has 0 aliphatic carbocycles. The van der Waals surface area contributed by atoms with Gasteiger partial charge in [-0.05, 0) is 31.9 Å². The Morgan fingerprint density at radius 1 is 1.40 bits per heavy atom. The Hall–Kier alpha value is -1.88. The normalized spacial score (nSPS) is 19.6. The van der Waals surface area contributed by atoms with Gasteiger partial charge >= 0.3 is 0 Å². The number of carboxylic acid groups (broad SMARTS) is 1. The fraction of sp³-hybridized carbons (Fsp3) is 0.467. The van der Waals surface area contributed by atoms with Gasteiger partial charge in [-0.15, -0.1) is 0 Å². The molecular formula is C15H18NO4-. The molecule has 1 aromatic carbocycles. The molecule has 20 heavy (non-hydrogen) atoms. The molecule has 0 bridgehead atoms. The smallest absolute Gasteiger partial charge is 0.230 e. The number of rotatable bonds is 5. The summed E-state index contributed by atoms with van der Waals surface area (Å²) in [7, 11) is 0. The Kier molecular flexibility index (Phi) is 4.74. The molecule has 5 nitrogen and oxygen atoms in total. The zero-order valence-electron chi connectivity index (χ0n) is 11.4. The van der Waals surface area contributed by atoms with Gasteiger partial charge in [-0.25, -0.2) is 0 Å². The average Bonchev–Trinajstić information content (AvgIpc) is 2.92. The van der Waals surface area contributed by atoms with Crippen LogP contribution in [-0.4, -0.2) is 24.6 Å². The quantitative estimate of drug-likeness (QED) is 0.865. The van der Waals surface area contributed by atoms with Crippen molar-refractivity contribution in [3.05, 3.63) is 29.8 Å². The molecule has 0 spiro atoms. The lowest BCUT2D eigenvalue weighted by Crippen LogP contribution is -2.38. The Morgan fingerprint density at radius 2 is 2.10 bits per heavy atom. The van der Waals surface area contributed by atoms with Crippen molar-refractivity contribution in [1.82, 2.24) is 0 Å². The summed E-state index contributed by atoms with van der Waals surface area (Å²) >= 11 is 0. The number of hydrogen-bond donors (Lipinski definition) is 1. The number of aliphatic carboxylic acids is 1. The first-order chi connectivity index (χ1) is 9.56. The van der Waals surface area contributed by atoms with E-state index in [1.54, 1.807) is 12.1 Å². The highest BCUT2D eigenvalue weighted by Crippen LogP contribution is 2.24. The SMILES string of the molecule is Cc1ccc(NC(=O)[C@H](CC(=O)[O-])[C@H]2CCCO2)cc1. The minimum atomic E-state index is -1.23. The van der Waals surface area contributed by atoms with Crippen LogP contribution in [0.25, 0.3) is 0 Å². The van der Waals surface area contributed by atoms with E-state index in [1.165, 1.54) is 0 Å². The molecule has 1 fully saturated rings. The molecule has 0 radical (unpaired) electrons. The van der Waals surface area contributed by atoms with E-state index < -0.39 is 11.9 Å². The topological polar surface area (TPSA) is 78.5 Å². The number of carboxylic acids is 1. The van der Waals surface area contributed by atoms with Crippen molar-refractivity contribution in [3.8, 4) is 0 Å². The van der Waals surface area contributed by atoms with Gasteiger partial charge in [0.25, 0.3) is 0 Å². The Morgan fingerprint density at radius 3 is 2.65 bits per heavy atom. The van der Waals surface area contributed by atoms with Crippen molar-refractivity contribution in [1.29, 1.82) is 0 Å². The number of aryl methyl sites for hydroxylation is 1. The van der Waals surface area contributed by atoms with Crippen LogP contribution in [0.2, 0.25) is 0 Å². The van der Waals surface area contributed by atoms with E-state index in [0.717, 1.165) is 12.0 Å². The van der Waals surface area contributed by atoms with E-state index in [2.05, 4.69) is 5.32 Å². The van der Waals surface area contributed by atoms with Crippen molar-refractivity contribution < 1.29 is 19.4 Å². The molecular weight excluding hydrogens is 258 g/mol. The molecule has 2 rings (SSSR count). The van der Waals surface area contributed by atoms with Crippen molar-refractivity contribution in [2.75, 3.05) is 11.9 Å². The molecule has 1 saturated heterocycles. The predicted molar refractivity (Wildman–Crippen MR) is 71.9 cm³/mol. The molecule has 0 aromatic heterocycles. The zero-order chi connectivity index (χ0) is 14.5. The number of anilines is 1. The van der Waals surface area contributed by atoms with Crippen LogP contribution in [0.15, 0.2) is 24.3 Å². The van der Waals surface area contributed by atoms with Crippen molar-refractivity contribution in [2.45, 2.75) is 32.3 Å². The summed E-state index contributed by atoms with van der Waals surface area (Å²) in [6.45, 7) is 2.53. The lowest BCUT2D eigenvalue weighted by Gasteiger charge is -2.22. The number of hydrogen-bond acceptors (Lipinski definition) is 4. The molecule has 108 valence electrons. The lowest BCUT2D eigenvalue weighted by molar-refractivity contribution is -0.307. The summed E-state index contributed by atoms with van der Waals surface area (Å²) < 4.78 is 5.44. The molecule has 1 amide bonds. The maximum atomic E-state index is 12.2. The van der Waals surface area contributed by atoms with Crippen LogP contribution in [0.3, 0.4) is 0 Å². The number of ether oxygens (including phenoxy) is 1. The van der Waals surface area contributed by atoms with Gasteiger partial charge in [0.2, 0.25) is 5.91 Å². The molecule has 0 unspecified atom stereocenters. The van der Waals surface area contributed by atoms with Crippen LogP contribution < -0.4 is 10.4 Å². The number of nitrogens with one attached hydrogen (secondary N) is 1. The van der Waals surface area contributed by atoms with Crippen molar-refractivity contribution >= 4 is 17.6 Å². The Labute approximate surface area is 117 Å². The molecule has 1 N–H and O–H groups in total. The highest BCUT2D eigenvalue weighted by Gasteiger charge is 2.31. The van der Waals surface area contributed by atoms with Gasteiger partial charge in [0.15, 0.2) is 0 Å². The van der Waals surface area contributed by atoms with Gasteiger partial charge in [0, 0.05) is 24.7 Å². The first-order valence-corrected chi connectivity index (χ1v) is 6.75. The maximum absolute atomic E-state index is 12.2. The van der Waals surface area contributed by atoms with Crippen molar-refractivity contribution in [3.63, 3.8) is 0 Å². The number of amides is 1. The second-order valence-electron chi connectivity index (χ2n) is 5.09. The maximum Gasteiger partial charge on any atom is 0.230 e. The third-order valence-corrected chi connectivity index (χ3v) is 3.46. The van der Waals surface area contributed by atoms with Crippen LogP contribution >= 0.6 is 0 Å². The number of benzene rings is 1. The van der Waals surface area contributed by atoms with E-state index in [1.807, 2.05) is 19.1 Å². The monoisotopic (exact) mass is 276 g/mol. The predicted octanol–water partition coefficient (Wildman–Crippen LogP) is 0.869. The molecule has 1 aliphatic rings. The third-order valence-electron chi connectivity index (χ3n) is 3.46. The summed E-state index contributed by atoms with van der Waals surface area (Å²) in [6, 6.07) is 7.35. The van der Waals surface area contributed by atoms with Gasteiger partial charge in [0.05, 0.1) is 12.0 Å². The van der Waals surface area contributed by atoms with Crippen LogP contribution in [0.5, 0.6) is 0 Å². The Balaban J connectivity index is 2.05. The fourth-order valence-corrected chi connectivity index (χ4v) is 2.36. The molecule has 1 aliphatic heterocycles. The number of carbonyl (C=O) groups excluding carboxylic acids is 2. The summed E-state index contributed by atoms with van der Waals surface area (Å²) in [5.41, 5.74) is 1.75. The molecule has 1 heterocycles. The zero-order valence-corrected chi connectivity index (χ0v) is 11.4. The van der Waals surface area contributed by atoms with Gasteiger partial charge in [-0.1, -0.05) is 17.7 Å². The van der Waals surface area contributed by atoms with Gasteiger partial charge in [0.1, 0.15) is 0 Å². The van der Waals surface area contributed by atoms with Crippen LogP contribution in [0, 0.1) is 12.8 Å². The van der Waals surface area contributed by atoms with Gasteiger partial charge in [-0.3, -0.25) is 4.79 Å². The molecule has 0 saturated carbocycles. The highest BCUT2D eigenvalue weighted by molar-refractivity contribution is 5.94. The number of carbonyl (C=O) groups is 2. The van der Waals surface area contributed by atoms with E-state index in [4.69, 9.17) is 4.74 Å². The molecule has 1 aromatic rings. The second-order valence-corrected chi connectivity index (χ2v) is 5.09. The first-order valence-electron chi connectivity index (χ1n) is 6.75. The van der Waals surface area contributed by atoms with Crippen LogP contribution in [0.1, 0.15) is 24.8 Å². The summed E-state index contributed by atoms with van der Waals surface area (Å²) in [6.07, 6.45) is 0.909. The largest absolute Gasteiger partial charge is 0.550 e. The average molecular weight is 276 g/mol. The summed E-state index contributed by atoms with van der Waals surface area (Å²) in [4.78, 5) is 23.1. The second kappa shape index (κ2) is 6.52. The highest BCUT2D eigenvalue weighted by atomic mass is 16.5. The van der Waals surface area contributed by atoms with E-state index >= 15 is 0 Å². The van der Waals surface area contributed by atoms with E-state index in [-0.39, 0.29) is 18.4 Å². The van der Waals surface area contributed by atoms with E-state index in [9.17, 15) is 14.7 Å². The fourth-order valence-electron chi connectivity index (χ4n) is 2.36. The van der Waals surface area contributed by atoms with E-state index in [0.29, 0.717) is 18.7 Å². The van der Waals surface area contributed by atoms with Crippen molar-refractivity contribution in [2.24, 2.45) is 5.92 Å². The van der Waals surface area contributed by atoms with Crippen LogP contribution in [0.4, 0.5) is 5.69 Å². The van der Waals surface area contributed by atoms with Crippen LogP contribution in [-0.2, 0) is 14.3 Å². The van der Waals surface area contributed by atoms with Gasteiger partial charge in [-0.2, -0.15) is 0 Å². The Bertz CT molecular complexity index is 477. The molecule has 2 atom stereocenters. The first kappa shape index (κ1) is 14.5. The standard InChI is InChI=1S/C15H19NO4/c1-10-4-6-11(7-5-10)16-15(19)12(9-14(17)18)13-3-2-8-20-13/h4-7,12-13H,2-3,8-9H2,1H3,(H,16,19)(H,17,18)/p-1/t12-,13-/m1/s1. The minimum Gasteiger partial charge on any atom is -0.550 e. The lowest BCUT2D eigenvalue weighted by atomic mass is 9.95. The molecule has 5 heteroatoms. The third kappa shape index (κ3) is 3.81. The minimum absolute atomic E-state index is 0.317. The summed E-state index contributed by atoms with van der Waals surface area (Å²) in [5.74, 6) is -2.27. The summed E-state index contributed by atoms with van der Waals surface area (Å²) in [5, 5.41) is 13.6. The van der Waals surface area contributed by atoms with Gasteiger partial charge < -0.3 is 20.0 Å².